The number of ether oxygens (including phenoxy) is 1. The van der Waals surface area contributed by atoms with Gasteiger partial charge in [0.05, 0.1) is 7.11 Å². The Morgan fingerprint density at radius 1 is 1.45 bits per heavy atom. The lowest BCUT2D eigenvalue weighted by molar-refractivity contribution is -0.148. The molecule has 20 heavy (non-hydrogen) atoms. The highest BCUT2D eigenvalue weighted by Crippen LogP contribution is 2.34. The summed E-state index contributed by atoms with van der Waals surface area (Å²) in [4.78, 5) is 14.6. The molecule has 1 N–H and O–H groups in total. The van der Waals surface area contributed by atoms with Crippen molar-refractivity contribution in [3.8, 4) is 0 Å². The number of methoxy groups -OCH3 is 1. The summed E-state index contributed by atoms with van der Waals surface area (Å²) in [6.07, 6.45) is 3.81. The number of nitrogens with one attached hydrogen (secondary N) is 1. The van der Waals surface area contributed by atoms with Crippen LogP contribution in [0.3, 0.4) is 0 Å². The van der Waals surface area contributed by atoms with Crippen LogP contribution in [0.4, 0.5) is 0 Å². The number of hydrogen-bond acceptors (Lipinski definition) is 4. The van der Waals surface area contributed by atoms with Crippen molar-refractivity contribution >= 4 is 5.97 Å². The second-order valence-electron chi connectivity index (χ2n) is 7.37. The van der Waals surface area contributed by atoms with Gasteiger partial charge in [-0.2, -0.15) is 0 Å². The van der Waals surface area contributed by atoms with Gasteiger partial charge in [0.1, 0.15) is 5.54 Å². The molecule has 1 aliphatic carbocycles. The molecule has 1 saturated carbocycles. The number of esters is 1. The first-order valence-corrected chi connectivity index (χ1v) is 7.78. The average Bonchev–Trinajstić information content (AvgIpc) is 2.79. The van der Waals surface area contributed by atoms with Crippen LogP contribution >= 0.6 is 0 Å². The molecular weight excluding hydrogens is 252 g/mol. The lowest BCUT2D eigenvalue weighted by atomic mass is 9.94. The van der Waals surface area contributed by atoms with Gasteiger partial charge in [-0.3, -0.25) is 4.79 Å². The summed E-state index contributed by atoms with van der Waals surface area (Å²) < 4.78 is 5.04. The highest BCUT2D eigenvalue weighted by molar-refractivity contribution is 5.81. The minimum atomic E-state index is -0.471. The van der Waals surface area contributed by atoms with Crippen molar-refractivity contribution < 1.29 is 9.53 Å². The fraction of sp³-hybridized carbons (Fsp3) is 0.938. The van der Waals surface area contributed by atoms with Crippen LogP contribution in [0, 0.1) is 5.41 Å². The minimum absolute atomic E-state index is 0.0994. The van der Waals surface area contributed by atoms with Crippen LogP contribution in [0.1, 0.15) is 53.4 Å². The molecule has 0 aliphatic heterocycles. The molecule has 2 atom stereocenters. The Hall–Kier alpha value is -0.610. The van der Waals surface area contributed by atoms with E-state index in [0.717, 1.165) is 38.8 Å². The van der Waals surface area contributed by atoms with Gasteiger partial charge >= 0.3 is 5.97 Å². The summed E-state index contributed by atoms with van der Waals surface area (Å²) in [5, 5.41) is 3.44. The molecular formula is C16H32N2O2. The Morgan fingerprint density at radius 2 is 2.10 bits per heavy atom. The summed E-state index contributed by atoms with van der Waals surface area (Å²) in [5.74, 6) is -0.0994. The third kappa shape index (κ3) is 4.45. The first-order valence-electron chi connectivity index (χ1n) is 7.78. The molecule has 0 aromatic carbocycles. The Morgan fingerprint density at radius 3 is 2.60 bits per heavy atom. The van der Waals surface area contributed by atoms with E-state index in [0.29, 0.717) is 6.04 Å². The molecule has 1 aliphatic rings. The Kier molecular flexibility index (Phi) is 6.02. The summed E-state index contributed by atoms with van der Waals surface area (Å²) in [6.45, 7) is 10.8. The molecule has 0 aromatic rings. The standard InChI is InChI=1S/C16H32N2O2/c1-7-10-17-16(14(19)20-6)9-8-13(11-16)18(5)12-15(2,3)4/h13,17H,7-12H2,1-6H3. The predicted molar refractivity (Wildman–Crippen MR) is 82.8 cm³/mol. The minimum Gasteiger partial charge on any atom is -0.468 e. The Balaban J connectivity index is 2.71. The smallest absolute Gasteiger partial charge is 0.326 e. The fourth-order valence-electron chi connectivity index (χ4n) is 3.25. The van der Waals surface area contributed by atoms with Gasteiger partial charge in [0.15, 0.2) is 0 Å². The first-order chi connectivity index (χ1) is 9.24. The van der Waals surface area contributed by atoms with Crippen LogP contribution < -0.4 is 5.32 Å². The zero-order valence-electron chi connectivity index (χ0n) is 14.1. The van der Waals surface area contributed by atoms with Gasteiger partial charge in [0.2, 0.25) is 0 Å². The quantitative estimate of drug-likeness (QED) is 0.761. The number of carbonyl (C=O) groups excluding carboxylic acids is 1. The van der Waals surface area contributed by atoms with E-state index >= 15 is 0 Å². The van der Waals surface area contributed by atoms with Crippen molar-refractivity contribution in [1.29, 1.82) is 0 Å². The van der Waals surface area contributed by atoms with E-state index in [1.54, 1.807) is 0 Å². The summed E-state index contributed by atoms with van der Waals surface area (Å²) in [7, 11) is 3.66. The molecule has 0 spiro atoms. The normalized spacial score (nSPS) is 27.1. The van der Waals surface area contributed by atoms with E-state index in [1.807, 2.05) is 0 Å². The van der Waals surface area contributed by atoms with Gasteiger partial charge < -0.3 is 15.0 Å². The molecule has 0 amide bonds. The third-order valence-electron chi connectivity index (χ3n) is 4.13. The van der Waals surface area contributed by atoms with Crippen molar-refractivity contribution in [3.05, 3.63) is 0 Å². The second kappa shape index (κ2) is 6.90. The van der Waals surface area contributed by atoms with Gasteiger partial charge in [0, 0.05) is 12.6 Å². The van der Waals surface area contributed by atoms with Crippen molar-refractivity contribution in [2.45, 2.75) is 65.0 Å². The predicted octanol–water partition coefficient (Wildman–Crippen LogP) is 2.43. The third-order valence-corrected chi connectivity index (χ3v) is 4.13. The fourth-order valence-corrected chi connectivity index (χ4v) is 3.25. The highest BCUT2D eigenvalue weighted by atomic mass is 16.5. The summed E-state index contributed by atoms with van der Waals surface area (Å²) in [5.41, 5.74) is -0.191. The van der Waals surface area contributed by atoms with Crippen LogP contribution in [0.15, 0.2) is 0 Å². The maximum Gasteiger partial charge on any atom is 0.326 e. The van der Waals surface area contributed by atoms with Crippen molar-refractivity contribution in [3.63, 3.8) is 0 Å². The molecule has 0 saturated heterocycles. The summed E-state index contributed by atoms with van der Waals surface area (Å²) >= 11 is 0. The van der Waals surface area contributed by atoms with Gasteiger partial charge in [-0.1, -0.05) is 27.7 Å². The summed E-state index contributed by atoms with van der Waals surface area (Å²) in [6, 6.07) is 0.456. The van der Waals surface area contributed by atoms with Crippen molar-refractivity contribution in [2.24, 2.45) is 5.41 Å². The maximum absolute atomic E-state index is 12.2. The average molecular weight is 284 g/mol. The Labute approximate surface area is 124 Å². The van der Waals surface area contributed by atoms with E-state index < -0.39 is 5.54 Å². The van der Waals surface area contributed by atoms with Crippen LogP contribution in [0.25, 0.3) is 0 Å². The van der Waals surface area contributed by atoms with E-state index in [-0.39, 0.29) is 11.4 Å². The second-order valence-corrected chi connectivity index (χ2v) is 7.37. The Bertz CT molecular complexity index is 325. The highest BCUT2D eigenvalue weighted by Gasteiger charge is 2.47. The maximum atomic E-state index is 12.2. The number of carbonyl (C=O) groups is 1. The molecule has 0 radical (unpaired) electrons. The largest absolute Gasteiger partial charge is 0.468 e. The first kappa shape index (κ1) is 17.4. The monoisotopic (exact) mass is 284 g/mol. The number of nitrogens with zero attached hydrogens (tertiary/aromatic N) is 1. The molecule has 2 unspecified atom stereocenters. The van der Waals surface area contributed by atoms with Crippen LogP contribution in [0.2, 0.25) is 0 Å². The number of hydrogen-bond donors (Lipinski definition) is 1. The zero-order valence-corrected chi connectivity index (χ0v) is 14.1. The van der Waals surface area contributed by atoms with Gasteiger partial charge in [-0.25, -0.2) is 0 Å². The van der Waals surface area contributed by atoms with Gasteiger partial charge in [0.25, 0.3) is 0 Å². The lowest BCUT2D eigenvalue weighted by Crippen LogP contribution is -2.52. The number of rotatable bonds is 6. The van der Waals surface area contributed by atoms with Crippen LogP contribution in [-0.2, 0) is 9.53 Å². The molecule has 0 bridgehead atoms. The van der Waals surface area contributed by atoms with E-state index in [4.69, 9.17) is 4.74 Å². The molecule has 118 valence electrons. The molecule has 4 heteroatoms. The molecule has 1 rings (SSSR count). The van der Waals surface area contributed by atoms with Crippen LogP contribution in [0.5, 0.6) is 0 Å². The molecule has 4 nitrogen and oxygen atoms in total. The molecule has 0 heterocycles. The molecule has 0 aromatic heterocycles. The van der Waals surface area contributed by atoms with E-state index in [2.05, 4.69) is 45.0 Å². The topological polar surface area (TPSA) is 41.6 Å². The van der Waals surface area contributed by atoms with E-state index in [1.165, 1.54) is 7.11 Å². The van der Waals surface area contributed by atoms with Gasteiger partial charge in [-0.05, 0) is 44.7 Å². The van der Waals surface area contributed by atoms with Gasteiger partial charge in [-0.15, -0.1) is 0 Å². The zero-order chi connectivity index (χ0) is 15.4. The molecule has 1 fully saturated rings. The van der Waals surface area contributed by atoms with Crippen LogP contribution in [-0.4, -0.2) is 49.7 Å². The van der Waals surface area contributed by atoms with E-state index in [9.17, 15) is 4.79 Å². The van der Waals surface area contributed by atoms with Crippen molar-refractivity contribution in [1.82, 2.24) is 10.2 Å². The lowest BCUT2D eigenvalue weighted by Gasteiger charge is -2.33. The van der Waals surface area contributed by atoms with Crippen molar-refractivity contribution in [2.75, 3.05) is 27.2 Å². The SMILES string of the molecule is CCCNC1(C(=O)OC)CCC(N(C)CC(C)(C)C)C1.